The van der Waals surface area contributed by atoms with E-state index in [4.69, 9.17) is 0 Å². The molecule has 0 unspecified atom stereocenters. The topological polar surface area (TPSA) is 43.6 Å². The maximum absolute atomic E-state index is 4.33. The highest BCUT2D eigenvalue weighted by Gasteiger charge is 2.16. The number of aryl methyl sites for hydroxylation is 1. The predicted molar refractivity (Wildman–Crippen MR) is 64.3 cm³/mol. The molecule has 2 aromatic heterocycles. The van der Waals surface area contributed by atoms with Crippen LogP contribution in [0, 0.1) is 0 Å². The second kappa shape index (κ2) is 4.25. The molecule has 0 radical (unpaired) electrons. The average molecular weight is 232 g/mol. The number of thioether (sulfide) groups is 1. The van der Waals surface area contributed by atoms with Crippen LogP contribution in [-0.2, 0) is 13.0 Å². The molecule has 0 atom stereocenters. The molecular formula is C11H12N4S. The fourth-order valence-corrected chi connectivity index (χ4v) is 2.70. The third-order valence-corrected chi connectivity index (χ3v) is 3.61. The SMILES string of the molecule is c1ccc(-c2nnc3n2CCSCC3)nc1. The van der Waals surface area contributed by atoms with Crippen molar-refractivity contribution in [2.24, 2.45) is 0 Å². The van der Waals surface area contributed by atoms with E-state index < -0.39 is 0 Å². The van der Waals surface area contributed by atoms with Crippen LogP contribution in [0.4, 0.5) is 0 Å². The molecule has 3 heterocycles. The van der Waals surface area contributed by atoms with E-state index in [9.17, 15) is 0 Å². The van der Waals surface area contributed by atoms with E-state index in [0.717, 1.165) is 41.8 Å². The number of rotatable bonds is 1. The monoisotopic (exact) mass is 232 g/mol. The van der Waals surface area contributed by atoms with Crippen LogP contribution >= 0.6 is 11.8 Å². The second-order valence-corrected chi connectivity index (χ2v) is 4.89. The van der Waals surface area contributed by atoms with Crippen molar-refractivity contribution < 1.29 is 0 Å². The Bertz CT molecular complexity index is 480. The van der Waals surface area contributed by atoms with Crippen molar-refractivity contribution in [1.29, 1.82) is 0 Å². The Labute approximate surface area is 98.1 Å². The lowest BCUT2D eigenvalue weighted by atomic mass is 10.3. The molecule has 0 aromatic carbocycles. The Balaban J connectivity index is 2.06. The van der Waals surface area contributed by atoms with Crippen LogP contribution in [0.3, 0.4) is 0 Å². The number of hydrogen-bond donors (Lipinski definition) is 0. The lowest BCUT2D eigenvalue weighted by Gasteiger charge is -2.05. The molecule has 3 rings (SSSR count). The Morgan fingerprint density at radius 3 is 3.06 bits per heavy atom. The van der Waals surface area contributed by atoms with Gasteiger partial charge in [-0.2, -0.15) is 11.8 Å². The van der Waals surface area contributed by atoms with Gasteiger partial charge < -0.3 is 4.57 Å². The zero-order chi connectivity index (χ0) is 10.8. The highest BCUT2D eigenvalue weighted by molar-refractivity contribution is 7.99. The highest BCUT2D eigenvalue weighted by atomic mass is 32.2. The maximum atomic E-state index is 4.33. The van der Waals surface area contributed by atoms with Crippen molar-refractivity contribution in [3.05, 3.63) is 30.2 Å². The molecule has 4 nitrogen and oxygen atoms in total. The normalized spacial score (nSPS) is 15.5. The van der Waals surface area contributed by atoms with Gasteiger partial charge in [-0.05, 0) is 12.1 Å². The van der Waals surface area contributed by atoms with Crippen LogP contribution in [0.15, 0.2) is 24.4 Å². The summed E-state index contributed by atoms with van der Waals surface area (Å²) in [5, 5.41) is 8.50. The first-order chi connectivity index (χ1) is 7.95. The van der Waals surface area contributed by atoms with Crippen molar-refractivity contribution in [3.63, 3.8) is 0 Å². The van der Waals surface area contributed by atoms with E-state index in [1.54, 1.807) is 6.20 Å². The molecule has 1 aliphatic rings. The smallest absolute Gasteiger partial charge is 0.182 e. The number of fused-ring (bicyclic) bond motifs is 1. The Kier molecular flexibility index (Phi) is 2.61. The standard InChI is InChI=1S/C11H12N4S/c1-2-5-12-9(3-1)11-14-13-10-4-7-16-8-6-15(10)11/h1-3,5H,4,6-8H2. The van der Waals surface area contributed by atoms with Crippen molar-refractivity contribution in [2.75, 3.05) is 11.5 Å². The maximum Gasteiger partial charge on any atom is 0.182 e. The van der Waals surface area contributed by atoms with E-state index in [-0.39, 0.29) is 0 Å². The molecule has 0 bridgehead atoms. The molecule has 82 valence electrons. The number of pyridine rings is 1. The Morgan fingerprint density at radius 1 is 1.19 bits per heavy atom. The van der Waals surface area contributed by atoms with Crippen LogP contribution < -0.4 is 0 Å². The number of hydrogen-bond acceptors (Lipinski definition) is 4. The van der Waals surface area contributed by atoms with Gasteiger partial charge in [0.1, 0.15) is 11.5 Å². The molecule has 16 heavy (non-hydrogen) atoms. The highest BCUT2D eigenvalue weighted by Crippen LogP contribution is 2.20. The van der Waals surface area contributed by atoms with Crippen LogP contribution in [0.1, 0.15) is 5.82 Å². The fourth-order valence-electron chi connectivity index (χ4n) is 1.86. The number of aromatic nitrogens is 4. The van der Waals surface area contributed by atoms with Gasteiger partial charge in [0, 0.05) is 30.7 Å². The third kappa shape index (κ3) is 1.71. The summed E-state index contributed by atoms with van der Waals surface area (Å²) < 4.78 is 2.20. The first-order valence-corrected chi connectivity index (χ1v) is 6.52. The lowest BCUT2D eigenvalue weighted by Crippen LogP contribution is -2.05. The summed E-state index contributed by atoms with van der Waals surface area (Å²) in [6, 6.07) is 5.88. The molecule has 0 N–H and O–H groups in total. The zero-order valence-corrected chi connectivity index (χ0v) is 9.65. The first-order valence-electron chi connectivity index (χ1n) is 5.36. The summed E-state index contributed by atoms with van der Waals surface area (Å²) in [6.45, 7) is 0.985. The van der Waals surface area contributed by atoms with E-state index in [0.29, 0.717) is 0 Å². The van der Waals surface area contributed by atoms with E-state index >= 15 is 0 Å². The average Bonchev–Trinajstić information content (AvgIpc) is 2.60. The molecule has 5 heteroatoms. The van der Waals surface area contributed by atoms with Crippen molar-refractivity contribution in [2.45, 2.75) is 13.0 Å². The molecule has 2 aromatic rings. The van der Waals surface area contributed by atoms with Crippen molar-refractivity contribution in [3.8, 4) is 11.5 Å². The van der Waals surface area contributed by atoms with E-state index in [2.05, 4.69) is 19.7 Å². The van der Waals surface area contributed by atoms with Gasteiger partial charge in [-0.1, -0.05) is 6.07 Å². The van der Waals surface area contributed by atoms with Gasteiger partial charge in [-0.15, -0.1) is 10.2 Å². The molecule has 0 spiro atoms. The van der Waals surface area contributed by atoms with Crippen LogP contribution in [0.5, 0.6) is 0 Å². The van der Waals surface area contributed by atoms with Gasteiger partial charge in [0.25, 0.3) is 0 Å². The summed E-state index contributed by atoms with van der Waals surface area (Å²) in [5.74, 6) is 4.26. The van der Waals surface area contributed by atoms with Crippen LogP contribution in [0.2, 0.25) is 0 Å². The fraction of sp³-hybridized carbons (Fsp3) is 0.364. The quantitative estimate of drug-likeness (QED) is 0.749. The zero-order valence-electron chi connectivity index (χ0n) is 8.83. The van der Waals surface area contributed by atoms with E-state index in [1.807, 2.05) is 30.0 Å². The Morgan fingerprint density at radius 2 is 2.19 bits per heavy atom. The lowest BCUT2D eigenvalue weighted by molar-refractivity contribution is 0.730. The van der Waals surface area contributed by atoms with Gasteiger partial charge in [-0.3, -0.25) is 4.98 Å². The van der Waals surface area contributed by atoms with Crippen molar-refractivity contribution >= 4 is 11.8 Å². The second-order valence-electron chi connectivity index (χ2n) is 3.67. The van der Waals surface area contributed by atoms with Crippen molar-refractivity contribution in [1.82, 2.24) is 19.7 Å². The van der Waals surface area contributed by atoms with Gasteiger partial charge in [0.15, 0.2) is 5.82 Å². The minimum atomic E-state index is 0.901. The van der Waals surface area contributed by atoms with Gasteiger partial charge in [0.05, 0.1) is 0 Å². The molecule has 0 amide bonds. The minimum Gasteiger partial charge on any atom is -0.309 e. The largest absolute Gasteiger partial charge is 0.309 e. The molecule has 0 fully saturated rings. The minimum absolute atomic E-state index is 0.901. The third-order valence-electron chi connectivity index (χ3n) is 2.65. The molecule has 0 aliphatic carbocycles. The number of nitrogens with zero attached hydrogens (tertiary/aromatic N) is 4. The van der Waals surface area contributed by atoms with Gasteiger partial charge >= 0.3 is 0 Å². The molecule has 0 saturated heterocycles. The Hall–Kier alpha value is -1.36. The van der Waals surface area contributed by atoms with Gasteiger partial charge in [-0.25, -0.2) is 0 Å². The summed E-state index contributed by atoms with van der Waals surface area (Å²) in [5.41, 5.74) is 0.910. The molecular weight excluding hydrogens is 220 g/mol. The van der Waals surface area contributed by atoms with Crippen LogP contribution in [0.25, 0.3) is 11.5 Å². The first kappa shape index (κ1) is 9.84. The molecule has 1 aliphatic heterocycles. The summed E-state index contributed by atoms with van der Waals surface area (Å²) in [4.78, 5) is 4.33. The van der Waals surface area contributed by atoms with Gasteiger partial charge in [0.2, 0.25) is 0 Å². The predicted octanol–water partition coefficient (Wildman–Crippen LogP) is 1.63. The van der Waals surface area contributed by atoms with E-state index in [1.165, 1.54) is 0 Å². The molecule has 0 saturated carbocycles. The summed E-state index contributed by atoms with van der Waals surface area (Å²) >= 11 is 1.97. The van der Waals surface area contributed by atoms with Crippen LogP contribution in [-0.4, -0.2) is 31.3 Å². The summed E-state index contributed by atoms with van der Waals surface area (Å²) in [6.07, 6.45) is 2.80. The summed E-state index contributed by atoms with van der Waals surface area (Å²) in [7, 11) is 0.